The van der Waals surface area contributed by atoms with Crippen molar-refractivity contribution in [3.05, 3.63) is 47.2 Å². The molecule has 5 rings (SSSR count). The number of fused-ring (bicyclic) bond motifs is 2. The first kappa shape index (κ1) is 19.7. The molecule has 1 aromatic heterocycles. The van der Waals surface area contributed by atoms with Crippen molar-refractivity contribution in [2.75, 3.05) is 38.2 Å². The van der Waals surface area contributed by atoms with Crippen LogP contribution in [0, 0.1) is 0 Å². The van der Waals surface area contributed by atoms with Crippen molar-refractivity contribution < 1.29 is 23.1 Å². The first-order valence-electron chi connectivity index (χ1n) is 10.3. The lowest BCUT2D eigenvalue weighted by Crippen LogP contribution is -2.42. The van der Waals surface area contributed by atoms with Gasteiger partial charge in [0.1, 0.15) is 18.2 Å². The van der Waals surface area contributed by atoms with Crippen LogP contribution in [0.5, 0.6) is 5.75 Å². The fourth-order valence-electron chi connectivity index (χ4n) is 4.30. The fraction of sp³-hybridized carbons (Fsp3) is 0.409. The molecule has 0 radical (unpaired) electrons. The Balaban J connectivity index is 1.40. The third kappa shape index (κ3) is 3.47. The summed E-state index contributed by atoms with van der Waals surface area (Å²) in [4.78, 5) is 34.5. The highest BCUT2D eigenvalue weighted by molar-refractivity contribution is 5.98. The number of anilines is 2. The van der Waals surface area contributed by atoms with E-state index in [-0.39, 0.29) is 37.7 Å². The summed E-state index contributed by atoms with van der Waals surface area (Å²) >= 11 is 0. The zero-order valence-electron chi connectivity index (χ0n) is 17.1. The quantitative estimate of drug-likeness (QED) is 0.736. The molecule has 0 spiro atoms. The van der Waals surface area contributed by atoms with Crippen LogP contribution in [0.2, 0.25) is 0 Å². The van der Waals surface area contributed by atoms with E-state index in [9.17, 15) is 18.4 Å². The topological polar surface area (TPSA) is 66.0 Å². The van der Waals surface area contributed by atoms with Gasteiger partial charge in [-0.05, 0) is 29.8 Å². The van der Waals surface area contributed by atoms with E-state index >= 15 is 0 Å². The standard InChI is InChI=1S/C22H22F2N4O3/c1-26-13-15-11-19(25-12-16(15)21(26)30)28-8-9-31-18-10-14(2-3-17(18)28)20(29)27-6-4-22(23,24)5-7-27/h2-3,10-12H,4-9,13H2,1H3. The van der Waals surface area contributed by atoms with Gasteiger partial charge in [0.05, 0.1) is 17.8 Å². The number of amides is 2. The Morgan fingerprint density at radius 1 is 1.16 bits per heavy atom. The highest BCUT2D eigenvalue weighted by atomic mass is 19.3. The van der Waals surface area contributed by atoms with Gasteiger partial charge in [-0.2, -0.15) is 0 Å². The largest absolute Gasteiger partial charge is 0.490 e. The number of hydrogen-bond acceptors (Lipinski definition) is 5. The lowest BCUT2D eigenvalue weighted by atomic mass is 10.0. The second-order valence-corrected chi connectivity index (χ2v) is 8.19. The lowest BCUT2D eigenvalue weighted by molar-refractivity contribution is -0.0494. The average molecular weight is 428 g/mol. The number of carbonyl (C=O) groups is 2. The Labute approximate surface area is 178 Å². The van der Waals surface area contributed by atoms with E-state index in [1.807, 2.05) is 11.0 Å². The molecule has 3 aliphatic heterocycles. The van der Waals surface area contributed by atoms with Crippen LogP contribution in [0.3, 0.4) is 0 Å². The molecular formula is C22H22F2N4O3. The number of halogens is 2. The highest BCUT2D eigenvalue weighted by Gasteiger charge is 2.36. The molecule has 162 valence electrons. The third-order valence-electron chi connectivity index (χ3n) is 6.09. The van der Waals surface area contributed by atoms with Gasteiger partial charge >= 0.3 is 0 Å². The molecule has 2 aromatic rings. The first-order chi connectivity index (χ1) is 14.8. The van der Waals surface area contributed by atoms with Gasteiger partial charge < -0.3 is 19.4 Å². The molecule has 1 aromatic carbocycles. The van der Waals surface area contributed by atoms with Crippen LogP contribution >= 0.6 is 0 Å². The van der Waals surface area contributed by atoms with Gasteiger partial charge in [0.25, 0.3) is 17.7 Å². The molecule has 2 amide bonds. The van der Waals surface area contributed by atoms with Gasteiger partial charge in [-0.25, -0.2) is 13.8 Å². The van der Waals surface area contributed by atoms with E-state index in [1.54, 1.807) is 36.3 Å². The number of rotatable bonds is 2. The van der Waals surface area contributed by atoms with Crippen molar-refractivity contribution in [2.24, 2.45) is 0 Å². The normalized spacial score (nSPS) is 19.7. The zero-order chi connectivity index (χ0) is 21.8. The maximum Gasteiger partial charge on any atom is 0.255 e. The number of nitrogens with zero attached hydrogens (tertiary/aromatic N) is 4. The van der Waals surface area contributed by atoms with Crippen molar-refractivity contribution in [1.82, 2.24) is 14.8 Å². The van der Waals surface area contributed by atoms with E-state index in [4.69, 9.17) is 4.74 Å². The Bertz CT molecular complexity index is 1060. The monoisotopic (exact) mass is 428 g/mol. The Morgan fingerprint density at radius 3 is 2.71 bits per heavy atom. The van der Waals surface area contributed by atoms with Crippen LogP contribution in [-0.2, 0) is 6.54 Å². The van der Waals surface area contributed by atoms with Gasteiger partial charge in [-0.15, -0.1) is 0 Å². The Morgan fingerprint density at radius 2 is 1.94 bits per heavy atom. The van der Waals surface area contributed by atoms with Crippen molar-refractivity contribution in [2.45, 2.75) is 25.3 Å². The van der Waals surface area contributed by atoms with Gasteiger partial charge in [0.2, 0.25) is 0 Å². The minimum atomic E-state index is -2.70. The number of ether oxygens (including phenoxy) is 1. The molecule has 1 fully saturated rings. The molecule has 0 N–H and O–H groups in total. The summed E-state index contributed by atoms with van der Waals surface area (Å²) in [6, 6.07) is 7.08. The second kappa shape index (κ2) is 7.18. The van der Waals surface area contributed by atoms with Crippen LogP contribution < -0.4 is 9.64 Å². The maximum atomic E-state index is 13.4. The summed E-state index contributed by atoms with van der Waals surface area (Å²) in [6.07, 6.45) is 0.987. The Hall–Kier alpha value is -3.23. The van der Waals surface area contributed by atoms with E-state index in [1.165, 1.54) is 4.90 Å². The maximum absolute atomic E-state index is 13.4. The molecule has 9 heteroatoms. The van der Waals surface area contributed by atoms with Crippen LogP contribution in [-0.4, -0.2) is 65.8 Å². The summed E-state index contributed by atoms with van der Waals surface area (Å²) in [7, 11) is 1.76. The highest BCUT2D eigenvalue weighted by Crippen LogP contribution is 2.38. The van der Waals surface area contributed by atoms with Gasteiger partial charge in [-0.3, -0.25) is 9.59 Å². The van der Waals surface area contributed by atoms with Crippen molar-refractivity contribution >= 4 is 23.3 Å². The van der Waals surface area contributed by atoms with E-state index in [0.717, 1.165) is 11.3 Å². The van der Waals surface area contributed by atoms with Crippen molar-refractivity contribution in [1.29, 1.82) is 0 Å². The molecule has 0 atom stereocenters. The van der Waals surface area contributed by atoms with Crippen LogP contribution in [0.15, 0.2) is 30.5 Å². The van der Waals surface area contributed by atoms with Crippen molar-refractivity contribution in [3.63, 3.8) is 0 Å². The van der Waals surface area contributed by atoms with Crippen LogP contribution in [0.4, 0.5) is 20.3 Å². The minimum absolute atomic E-state index is 0.0324. The molecule has 3 aliphatic rings. The van der Waals surface area contributed by atoms with E-state index < -0.39 is 5.92 Å². The number of pyridine rings is 1. The molecule has 1 saturated heterocycles. The fourth-order valence-corrected chi connectivity index (χ4v) is 4.30. The summed E-state index contributed by atoms with van der Waals surface area (Å²) in [5.41, 5.74) is 2.74. The smallest absolute Gasteiger partial charge is 0.255 e. The minimum Gasteiger partial charge on any atom is -0.490 e. The molecule has 0 unspecified atom stereocenters. The molecular weight excluding hydrogens is 406 g/mol. The number of likely N-dealkylation sites (tertiary alicyclic amines) is 1. The summed E-state index contributed by atoms with van der Waals surface area (Å²) < 4.78 is 32.6. The number of alkyl halides is 2. The number of benzene rings is 1. The number of piperidine rings is 1. The number of aromatic nitrogens is 1. The summed E-state index contributed by atoms with van der Waals surface area (Å²) in [5, 5.41) is 0. The third-order valence-corrected chi connectivity index (χ3v) is 6.09. The predicted molar refractivity (Wildman–Crippen MR) is 109 cm³/mol. The van der Waals surface area contributed by atoms with Gasteiger partial charge in [0, 0.05) is 51.3 Å². The predicted octanol–water partition coefficient (Wildman–Crippen LogP) is 3.07. The SMILES string of the molecule is CN1Cc2cc(N3CCOc4cc(C(=O)N5CCC(F)(F)CC5)ccc43)ncc2C1=O. The van der Waals surface area contributed by atoms with Gasteiger partial charge in [-0.1, -0.05) is 0 Å². The molecule has 7 nitrogen and oxygen atoms in total. The van der Waals surface area contributed by atoms with Crippen molar-refractivity contribution in [3.8, 4) is 5.75 Å². The lowest BCUT2D eigenvalue weighted by Gasteiger charge is -2.33. The first-order valence-corrected chi connectivity index (χ1v) is 10.3. The summed E-state index contributed by atoms with van der Waals surface area (Å²) in [5.74, 6) is -1.73. The zero-order valence-corrected chi connectivity index (χ0v) is 17.1. The van der Waals surface area contributed by atoms with Crippen LogP contribution in [0.25, 0.3) is 0 Å². The number of hydrogen-bond donors (Lipinski definition) is 0. The van der Waals surface area contributed by atoms with Crippen LogP contribution in [0.1, 0.15) is 39.1 Å². The molecule has 0 bridgehead atoms. The average Bonchev–Trinajstić information content (AvgIpc) is 3.05. The molecule has 31 heavy (non-hydrogen) atoms. The second-order valence-electron chi connectivity index (χ2n) is 8.19. The summed E-state index contributed by atoms with van der Waals surface area (Å²) in [6.45, 7) is 1.63. The number of carbonyl (C=O) groups excluding carboxylic acids is 2. The Kier molecular flexibility index (Phi) is 4.56. The van der Waals surface area contributed by atoms with E-state index in [0.29, 0.717) is 42.4 Å². The molecule has 0 aliphatic carbocycles. The van der Waals surface area contributed by atoms with E-state index in [2.05, 4.69) is 4.98 Å². The molecule has 4 heterocycles. The molecule has 0 saturated carbocycles. The van der Waals surface area contributed by atoms with Gasteiger partial charge in [0.15, 0.2) is 0 Å².